The monoisotopic (exact) mass is 177 g/mol. The lowest BCUT2D eigenvalue weighted by molar-refractivity contribution is 0.752. The number of hydrogen-bond acceptors (Lipinski definition) is 4. The molecule has 0 aromatic carbocycles. The zero-order chi connectivity index (χ0) is 8.97. The van der Waals surface area contributed by atoms with Crippen LogP contribution in [0.1, 0.15) is 22.9 Å². The van der Waals surface area contributed by atoms with Gasteiger partial charge in [-0.15, -0.1) is 11.3 Å². The molecule has 0 amide bonds. The predicted octanol–water partition coefficient (Wildman–Crippen LogP) is 1.53. The second-order valence-corrected chi connectivity index (χ2v) is 3.24. The summed E-state index contributed by atoms with van der Waals surface area (Å²) in [6.45, 7) is 0. The van der Waals surface area contributed by atoms with Crippen molar-refractivity contribution in [2.45, 2.75) is 12.5 Å². The van der Waals surface area contributed by atoms with Crippen LogP contribution in [0.3, 0.4) is 0 Å². The van der Waals surface area contributed by atoms with Gasteiger partial charge in [0, 0.05) is 6.04 Å². The Bertz CT molecular complexity index is 342. The van der Waals surface area contributed by atoms with Crippen molar-refractivity contribution in [1.29, 1.82) is 10.5 Å². The second-order valence-electron chi connectivity index (χ2n) is 2.32. The lowest BCUT2D eigenvalue weighted by atomic mass is 10.1. The van der Waals surface area contributed by atoms with Crippen LogP contribution >= 0.6 is 11.3 Å². The van der Waals surface area contributed by atoms with Crippen molar-refractivity contribution in [1.82, 2.24) is 0 Å². The van der Waals surface area contributed by atoms with Gasteiger partial charge in [0.2, 0.25) is 0 Å². The van der Waals surface area contributed by atoms with Crippen LogP contribution in [0.2, 0.25) is 0 Å². The molecular weight excluding hydrogens is 170 g/mol. The van der Waals surface area contributed by atoms with Crippen LogP contribution < -0.4 is 5.73 Å². The lowest BCUT2D eigenvalue weighted by Crippen LogP contribution is -2.07. The standard InChI is InChI=1S/C8H7N3S/c9-2-1-8(11)6-3-7(4-10)12-5-6/h3,5,8H,1,11H2. The number of nitrogens with zero attached hydrogens (tertiary/aromatic N) is 2. The van der Waals surface area contributed by atoms with Gasteiger partial charge >= 0.3 is 0 Å². The van der Waals surface area contributed by atoms with Crippen LogP contribution in [0.25, 0.3) is 0 Å². The maximum Gasteiger partial charge on any atom is 0.110 e. The summed E-state index contributed by atoms with van der Waals surface area (Å²) in [6.07, 6.45) is 0.293. The molecule has 4 heteroatoms. The smallest absolute Gasteiger partial charge is 0.110 e. The first-order valence-electron chi connectivity index (χ1n) is 3.39. The number of nitriles is 2. The van der Waals surface area contributed by atoms with Crippen LogP contribution in [0.15, 0.2) is 11.4 Å². The Hall–Kier alpha value is -1.36. The minimum absolute atomic E-state index is 0.256. The Morgan fingerprint density at radius 1 is 1.58 bits per heavy atom. The highest BCUT2D eigenvalue weighted by Gasteiger charge is 2.07. The van der Waals surface area contributed by atoms with E-state index < -0.39 is 0 Å². The molecule has 0 spiro atoms. The van der Waals surface area contributed by atoms with Crippen LogP contribution in [-0.4, -0.2) is 0 Å². The fourth-order valence-corrected chi connectivity index (χ4v) is 1.58. The third kappa shape index (κ3) is 1.82. The van der Waals surface area contributed by atoms with Crippen molar-refractivity contribution in [2.75, 3.05) is 0 Å². The molecule has 2 N–H and O–H groups in total. The number of hydrogen-bond donors (Lipinski definition) is 1. The zero-order valence-electron chi connectivity index (χ0n) is 6.32. The molecule has 1 unspecified atom stereocenters. The maximum atomic E-state index is 8.52. The highest BCUT2D eigenvalue weighted by molar-refractivity contribution is 7.10. The highest BCUT2D eigenvalue weighted by atomic mass is 32.1. The minimum atomic E-state index is -0.256. The van der Waals surface area contributed by atoms with E-state index in [9.17, 15) is 0 Å². The van der Waals surface area contributed by atoms with Crippen molar-refractivity contribution in [3.8, 4) is 12.1 Å². The van der Waals surface area contributed by atoms with Crippen LogP contribution in [0, 0.1) is 22.7 Å². The first kappa shape index (κ1) is 8.73. The van der Waals surface area contributed by atoms with Crippen LogP contribution in [-0.2, 0) is 0 Å². The summed E-state index contributed by atoms with van der Waals surface area (Å²) >= 11 is 1.35. The molecule has 3 nitrogen and oxygen atoms in total. The van der Waals surface area contributed by atoms with E-state index in [1.807, 2.05) is 17.5 Å². The lowest BCUT2D eigenvalue weighted by Gasteiger charge is -2.01. The molecule has 0 aliphatic rings. The Balaban J connectivity index is 2.77. The molecule has 0 saturated carbocycles. The zero-order valence-corrected chi connectivity index (χ0v) is 7.14. The summed E-state index contributed by atoms with van der Waals surface area (Å²) < 4.78 is 0. The Kier molecular flexibility index (Phi) is 2.82. The van der Waals surface area contributed by atoms with Gasteiger partial charge in [-0.2, -0.15) is 10.5 Å². The fourth-order valence-electron chi connectivity index (χ4n) is 0.820. The molecule has 0 aliphatic carbocycles. The van der Waals surface area contributed by atoms with E-state index in [0.717, 1.165) is 5.56 Å². The van der Waals surface area contributed by atoms with E-state index in [1.165, 1.54) is 11.3 Å². The van der Waals surface area contributed by atoms with Crippen molar-refractivity contribution in [3.05, 3.63) is 21.9 Å². The predicted molar refractivity (Wildman–Crippen MR) is 46.2 cm³/mol. The Labute approximate surface area is 74.7 Å². The van der Waals surface area contributed by atoms with Gasteiger partial charge in [-0.3, -0.25) is 0 Å². The molecule has 1 heterocycles. The molecule has 0 saturated heterocycles. The van der Waals surface area contributed by atoms with E-state index in [2.05, 4.69) is 0 Å². The van der Waals surface area contributed by atoms with Gasteiger partial charge in [0.25, 0.3) is 0 Å². The molecule has 60 valence electrons. The number of nitrogens with two attached hydrogens (primary N) is 1. The van der Waals surface area contributed by atoms with E-state index in [-0.39, 0.29) is 6.04 Å². The number of rotatable bonds is 2. The van der Waals surface area contributed by atoms with Crippen LogP contribution in [0.5, 0.6) is 0 Å². The molecule has 1 rings (SSSR count). The van der Waals surface area contributed by atoms with E-state index in [0.29, 0.717) is 11.3 Å². The van der Waals surface area contributed by atoms with Gasteiger partial charge in [-0.1, -0.05) is 0 Å². The van der Waals surface area contributed by atoms with Gasteiger partial charge in [0.1, 0.15) is 10.9 Å². The van der Waals surface area contributed by atoms with E-state index >= 15 is 0 Å². The summed E-state index contributed by atoms with van der Waals surface area (Å²) in [7, 11) is 0. The molecular formula is C8H7N3S. The summed E-state index contributed by atoms with van der Waals surface area (Å²) in [5, 5.41) is 18.7. The molecule has 1 aromatic rings. The Morgan fingerprint density at radius 3 is 2.83 bits per heavy atom. The largest absolute Gasteiger partial charge is 0.323 e. The summed E-state index contributed by atoms with van der Waals surface area (Å²) in [5.41, 5.74) is 6.52. The fraction of sp³-hybridized carbons (Fsp3) is 0.250. The summed E-state index contributed by atoms with van der Waals surface area (Å²) in [5.74, 6) is 0. The molecule has 0 fully saturated rings. The van der Waals surface area contributed by atoms with E-state index in [1.54, 1.807) is 6.07 Å². The molecule has 0 aliphatic heterocycles. The van der Waals surface area contributed by atoms with E-state index in [4.69, 9.17) is 16.3 Å². The maximum absolute atomic E-state index is 8.52. The SMILES string of the molecule is N#CCC(N)c1csc(C#N)c1. The third-order valence-electron chi connectivity index (χ3n) is 1.47. The first-order chi connectivity index (χ1) is 5.77. The quantitative estimate of drug-likeness (QED) is 0.744. The van der Waals surface area contributed by atoms with Crippen molar-refractivity contribution in [2.24, 2.45) is 5.73 Å². The molecule has 1 atom stereocenters. The summed E-state index contributed by atoms with van der Waals surface area (Å²) in [6, 6.07) is 5.49. The topological polar surface area (TPSA) is 73.6 Å². The van der Waals surface area contributed by atoms with Crippen molar-refractivity contribution < 1.29 is 0 Å². The summed E-state index contributed by atoms with van der Waals surface area (Å²) in [4.78, 5) is 0.637. The molecule has 0 radical (unpaired) electrons. The first-order valence-corrected chi connectivity index (χ1v) is 4.27. The average molecular weight is 177 g/mol. The highest BCUT2D eigenvalue weighted by Crippen LogP contribution is 2.20. The van der Waals surface area contributed by atoms with Gasteiger partial charge in [-0.05, 0) is 17.0 Å². The van der Waals surface area contributed by atoms with Crippen molar-refractivity contribution >= 4 is 11.3 Å². The van der Waals surface area contributed by atoms with Gasteiger partial charge in [0.15, 0.2) is 0 Å². The van der Waals surface area contributed by atoms with Crippen LogP contribution in [0.4, 0.5) is 0 Å². The van der Waals surface area contributed by atoms with Gasteiger partial charge < -0.3 is 5.73 Å². The normalized spacial score (nSPS) is 11.6. The van der Waals surface area contributed by atoms with Gasteiger partial charge in [0.05, 0.1) is 12.5 Å². The minimum Gasteiger partial charge on any atom is -0.323 e. The average Bonchev–Trinajstić information content (AvgIpc) is 2.52. The Morgan fingerprint density at radius 2 is 2.33 bits per heavy atom. The molecule has 12 heavy (non-hydrogen) atoms. The van der Waals surface area contributed by atoms with Crippen molar-refractivity contribution in [3.63, 3.8) is 0 Å². The molecule has 1 aromatic heterocycles. The third-order valence-corrected chi connectivity index (χ3v) is 2.32. The molecule has 0 bridgehead atoms. The number of thiophene rings is 1. The van der Waals surface area contributed by atoms with Gasteiger partial charge in [-0.25, -0.2) is 0 Å². The second kappa shape index (κ2) is 3.87.